The first-order chi connectivity index (χ1) is 10.2. The largest absolute Gasteiger partial charge is 0.384 e. The number of nitrogens with zero attached hydrogens (tertiary/aromatic N) is 2. The van der Waals surface area contributed by atoms with Crippen LogP contribution < -0.4 is 5.32 Å². The van der Waals surface area contributed by atoms with Gasteiger partial charge >= 0.3 is 0 Å². The van der Waals surface area contributed by atoms with Crippen LogP contribution in [0.15, 0.2) is 0 Å². The Morgan fingerprint density at radius 1 is 1.33 bits per heavy atom. The number of hydrogen-bond acceptors (Lipinski definition) is 4. The lowest BCUT2D eigenvalue weighted by molar-refractivity contribution is 0.0566. The van der Waals surface area contributed by atoms with E-state index in [2.05, 4.69) is 23.2 Å². The Labute approximate surface area is 129 Å². The molecule has 1 N–H and O–H groups in total. The summed E-state index contributed by atoms with van der Waals surface area (Å²) in [6.07, 6.45) is 8.02. The van der Waals surface area contributed by atoms with Crippen molar-refractivity contribution >= 4 is 0 Å². The Hall–Kier alpha value is -0.630. The number of ether oxygens (including phenoxy) is 1. The van der Waals surface area contributed by atoms with Crippen LogP contribution in [0.1, 0.15) is 51.9 Å². The first kappa shape index (κ1) is 16.7. The average molecular weight is 293 g/mol. The van der Waals surface area contributed by atoms with Crippen LogP contribution in [0.2, 0.25) is 0 Å². The molecule has 0 bridgehead atoms. The van der Waals surface area contributed by atoms with Crippen LogP contribution in [0.5, 0.6) is 0 Å². The van der Waals surface area contributed by atoms with Crippen molar-refractivity contribution < 1.29 is 4.74 Å². The molecule has 0 aromatic carbocycles. The van der Waals surface area contributed by atoms with Gasteiger partial charge in [-0.3, -0.25) is 5.32 Å². The summed E-state index contributed by atoms with van der Waals surface area (Å²) in [7, 11) is 1.80. The topological polar surface area (TPSA) is 48.3 Å². The van der Waals surface area contributed by atoms with Crippen molar-refractivity contribution in [3.8, 4) is 6.07 Å². The number of likely N-dealkylation sites (tertiary alicyclic amines) is 1. The first-order valence-electron chi connectivity index (χ1n) is 8.62. The zero-order valence-electron chi connectivity index (χ0n) is 13.7. The molecule has 120 valence electrons. The maximum Gasteiger partial charge on any atom is 0.108 e. The van der Waals surface area contributed by atoms with Gasteiger partial charge in [-0.05, 0) is 70.5 Å². The first-order valence-corrected chi connectivity index (χ1v) is 8.62. The van der Waals surface area contributed by atoms with Gasteiger partial charge in [0, 0.05) is 19.8 Å². The van der Waals surface area contributed by atoms with Gasteiger partial charge in [0.15, 0.2) is 0 Å². The second kappa shape index (κ2) is 8.12. The molecule has 1 saturated carbocycles. The van der Waals surface area contributed by atoms with Crippen LogP contribution >= 0.6 is 0 Å². The highest BCUT2D eigenvalue weighted by atomic mass is 16.5. The Morgan fingerprint density at radius 2 is 2.10 bits per heavy atom. The predicted octanol–water partition coefficient (Wildman–Crippen LogP) is 2.55. The number of nitriles is 1. The molecule has 2 unspecified atom stereocenters. The van der Waals surface area contributed by atoms with E-state index in [-0.39, 0.29) is 5.54 Å². The van der Waals surface area contributed by atoms with Gasteiger partial charge in [0.25, 0.3) is 0 Å². The number of rotatable bonds is 6. The maximum atomic E-state index is 9.65. The van der Waals surface area contributed by atoms with Crippen LogP contribution in [-0.2, 0) is 4.74 Å². The fourth-order valence-corrected chi connectivity index (χ4v) is 3.94. The van der Waals surface area contributed by atoms with Gasteiger partial charge in [-0.15, -0.1) is 0 Å². The fourth-order valence-electron chi connectivity index (χ4n) is 3.94. The minimum absolute atomic E-state index is 0.275. The van der Waals surface area contributed by atoms with Crippen LogP contribution in [0.3, 0.4) is 0 Å². The third-order valence-corrected chi connectivity index (χ3v) is 5.22. The molecule has 1 heterocycles. The minimum Gasteiger partial charge on any atom is -0.384 e. The second-order valence-electron chi connectivity index (χ2n) is 6.81. The highest BCUT2D eigenvalue weighted by molar-refractivity contribution is 5.11. The van der Waals surface area contributed by atoms with Gasteiger partial charge in [-0.25, -0.2) is 0 Å². The average Bonchev–Trinajstić information content (AvgIpc) is 2.54. The smallest absolute Gasteiger partial charge is 0.108 e. The fraction of sp³-hybridized carbons (Fsp3) is 0.941. The van der Waals surface area contributed by atoms with E-state index in [1.54, 1.807) is 7.11 Å². The molecular weight excluding hydrogens is 262 g/mol. The van der Waals surface area contributed by atoms with Crippen molar-refractivity contribution in [2.45, 2.75) is 63.5 Å². The molecular formula is C17H31N3O. The molecule has 4 nitrogen and oxygen atoms in total. The number of hydrogen-bond donors (Lipinski definition) is 1. The molecule has 2 rings (SSSR count). The molecule has 2 atom stereocenters. The predicted molar refractivity (Wildman–Crippen MR) is 85.1 cm³/mol. The summed E-state index contributed by atoms with van der Waals surface area (Å²) in [5.41, 5.74) is -0.275. The zero-order valence-corrected chi connectivity index (χ0v) is 13.7. The van der Waals surface area contributed by atoms with Crippen LogP contribution in [0.4, 0.5) is 0 Å². The highest BCUT2D eigenvalue weighted by Gasteiger charge is 2.38. The summed E-state index contributed by atoms with van der Waals surface area (Å²) in [4.78, 5) is 2.63. The lowest BCUT2D eigenvalue weighted by Crippen LogP contribution is -2.54. The Morgan fingerprint density at radius 3 is 2.71 bits per heavy atom. The SMILES string of the molecule is CCCNC1(C#N)CCCC(N2CCC(COC)CC2)C1. The maximum absolute atomic E-state index is 9.65. The summed E-state index contributed by atoms with van der Waals surface area (Å²) in [5.74, 6) is 0.730. The third-order valence-electron chi connectivity index (χ3n) is 5.22. The van der Waals surface area contributed by atoms with Crippen LogP contribution in [0.25, 0.3) is 0 Å². The van der Waals surface area contributed by atoms with E-state index in [1.165, 1.54) is 38.8 Å². The quantitative estimate of drug-likeness (QED) is 0.817. The lowest BCUT2D eigenvalue weighted by atomic mass is 9.78. The van der Waals surface area contributed by atoms with Gasteiger partial charge in [-0.1, -0.05) is 6.92 Å². The Kier molecular flexibility index (Phi) is 6.47. The van der Waals surface area contributed by atoms with Gasteiger partial charge in [-0.2, -0.15) is 5.26 Å². The molecule has 1 aliphatic heterocycles. The zero-order chi connectivity index (χ0) is 15.1. The van der Waals surface area contributed by atoms with Gasteiger partial charge in [0.05, 0.1) is 6.07 Å². The number of methoxy groups -OCH3 is 1. The van der Waals surface area contributed by atoms with Crippen molar-refractivity contribution in [3.63, 3.8) is 0 Å². The lowest BCUT2D eigenvalue weighted by Gasteiger charge is -2.44. The van der Waals surface area contributed by atoms with Crippen molar-refractivity contribution in [2.75, 3.05) is 33.4 Å². The van der Waals surface area contributed by atoms with Crippen LogP contribution in [-0.4, -0.2) is 49.8 Å². The van der Waals surface area contributed by atoms with Crippen molar-refractivity contribution in [1.29, 1.82) is 5.26 Å². The summed E-state index contributed by atoms with van der Waals surface area (Å²) >= 11 is 0. The molecule has 2 aliphatic rings. The molecule has 0 radical (unpaired) electrons. The number of piperidine rings is 1. The summed E-state index contributed by atoms with van der Waals surface area (Å²) < 4.78 is 5.29. The molecule has 1 saturated heterocycles. The molecule has 0 amide bonds. The van der Waals surface area contributed by atoms with E-state index in [0.29, 0.717) is 6.04 Å². The molecule has 21 heavy (non-hydrogen) atoms. The van der Waals surface area contributed by atoms with Gasteiger partial charge < -0.3 is 9.64 Å². The molecule has 0 aromatic heterocycles. The third kappa shape index (κ3) is 4.42. The van der Waals surface area contributed by atoms with Gasteiger partial charge in [0.1, 0.15) is 5.54 Å². The van der Waals surface area contributed by atoms with E-state index in [9.17, 15) is 5.26 Å². The molecule has 0 spiro atoms. The number of nitrogens with one attached hydrogen (secondary N) is 1. The van der Waals surface area contributed by atoms with E-state index < -0.39 is 0 Å². The van der Waals surface area contributed by atoms with Gasteiger partial charge in [0.2, 0.25) is 0 Å². The second-order valence-corrected chi connectivity index (χ2v) is 6.81. The normalized spacial score (nSPS) is 32.0. The molecule has 1 aliphatic carbocycles. The minimum atomic E-state index is -0.275. The van der Waals surface area contributed by atoms with E-state index in [4.69, 9.17) is 4.74 Å². The van der Waals surface area contributed by atoms with Crippen molar-refractivity contribution in [3.05, 3.63) is 0 Å². The van der Waals surface area contributed by atoms with E-state index in [1.807, 2.05) is 0 Å². The Balaban J connectivity index is 1.88. The summed E-state index contributed by atoms with van der Waals surface area (Å²) in [6, 6.07) is 3.18. The van der Waals surface area contributed by atoms with E-state index >= 15 is 0 Å². The van der Waals surface area contributed by atoms with E-state index in [0.717, 1.165) is 38.3 Å². The van der Waals surface area contributed by atoms with Crippen molar-refractivity contribution in [2.24, 2.45) is 5.92 Å². The monoisotopic (exact) mass is 293 g/mol. The molecule has 4 heteroatoms. The summed E-state index contributed by atoms with van der Waals surface area (Å²) in [6.45, 7) is 6.37. The molecule has 0 aromatic rings. The summed E-state index contributed by atoms with van der Waals surface area (Å²) in [5, 5.41) is 13.2. The standard InChI is InChI=1S/C17H31N3O/c1-3-9-19-17(14-18)8-4-5-16(12-17)20-10-6-15(7-11-20)13-21-2/h15-16,19H,3-13H2,1-2H3. The van der Waals surface area contributed by atoms with Crippen LogP contribution in [0, 0.1) is 17.2 Å². The van der Waals surface area contributed by atoms with Crippen molar-refractivity contribution in [1.82, 2.24) is 10.2 Å². The Bertz CT molecular complexity index is 346. The highest BCUT2D eigenvalue weighted by Crippen LogP contribution is 2.33. The molecule has 2 fully saturated rings.